The SMILES string of the molecule is CCCCCCCCCCCCCCCCCCC(C=[NH+][O-])CCCCCCCCCCCCCCC. The summed E-state index contributed by atoms with van der Waals surface area (Å²) in [7, 11) is 0. The van der Waals surface area contributed by atoms with Gasteiger partial charge in [0.05, 0.1) is 0 Å². The van der Waals surface area contributed by atoms with Crippen LogP contribution in [-0.2, 0) is 0 Å². The van der Waals surface area contributed by atoms with Crippen molar-refractivity contribution < 1.29 is 5.16 Å². The molecule has 222 valence electrons. The summed E-state index contributed by atoms with van der Waals surface area (Å²) >= 11 is 0. The summed E-state index contributed by atoms with van der Waals surface area (Å²) in [6, 6.07) is 0. The minimum Gasteiger partial charge on any atom is -0.626 e. The van der Waals surface area contributed by atoms with E-state index in [1.54, 1.807) is 0 Å². The molecule has 0 heterocycles. The maximum atomic E-state index is 10.9. The molecule has 0 fully saturated rings. The van der Waals surface area contributed by atoms with E-state index in [1.165, 1.54) is 199 Å². The molecule has 1 N–H and O–H groups in total. The number of hydrogen-bond acceptors (Lipinski definition) is 1. The third kappa shape index (κ3) is 31.6. The van der Waals surface area contributed by atoms with E-state index in [2.05, 4.69) is 19.0 Å². The van der Waals surface area contributed by atoms with E-state index in [0.717, 1.165) is 0 Å². The second-order valence-corrected chi connectivity index (χ2v) is 12.2. The summed E-state index contributed by atoms with van der Waals surface area (Å²) in [4.78, 5) is 0. The highest BCUT2D eigenvalue weighted by Crippen LogP contribution is 2.19. The lowest BCUT2D eigenvalue weighted by Gasteiger charge is -2.10. The lowest BCUT2D eigenvalue weighted by atomic mass is 9.95. The van der Waals surface area contributed by atoms with Crippen LogP contribution in [0.1, 0.15) is 213 Å². The van der Waals surface area contributed by atoms with Crippen molar-refractivity contribution in [3.63, 3.8) is 0 Å². The van der Waals surface area contributed by atoms with Gasteiger partial charge in [-0.2, -0.15) is 0 Å². The van der Waals surface area contributed by atoms with Crippen LogP contribution in [0.15, 0.2) is 0 Å². The quantitative estimate of drug-likeness (QED) is 0.0406. The van der Waals surface area contributed by atoms with Crippen LogP contribution in [0.5, 0.6) is 0 Å². The van der Waals surface area contributed by atoms with E-state index in [-0.39, 0.29) is 0 Å². The van der Waals surface area contributed by atoms with Crippen LogP contribution in [0.2, 0.25) is 0 Å². The number of hydrogen-bond donors (Lipinski definition) is 1. The zero-order chi connectivity index (χ0) is 26.9. The molecule has 0 amide bonds. The lowest BCUT2D eigenvalue weighted by Crippen LogP contribution is -2.61. The Bertz CT molecular complexity index is 421. The fourth-order valence-corrected chi connectivity index (χ4v) is 5.79. The standard InChI is InChI=1S/C35H71NO/c1-3-5-7-9-11-13-15-17-18-19-21-23-25-27-29-31-33-35(34-36-37)32-30-28-26-24-22-20-16-14-12-10-8-6-4-2/h34-36H,3-33H2,1-2H3. The minimum atomic E-state index is 0.483. The molecule has 0 bridgehead atoms. The Morgan fingerprint density at radius 3 is 0.811 bits per heavy atom. The molecular formula is C35H71NO. The van der Waals surface area contributed by atoms with Gasteiger partial charge in [-0.05, 0) is 12.8 Å². The fraction of sp³-hybridized carbons (Fsp3) is 0.971. The normalized spacial score (nSPS) is 12.6. The summed E-state index contributed by atoms with van der Waals surface area (Å²) in [5, 5.41) is 13.0. The van der Waals surface area contributed by atoms with Gasteiger partial charge in [0.25, 0.3) is 0 Å². The van der Waals surface area contributed by atoms with Crippen molar-refractivity contribution in [3.8, 4) is 0 Å². The Labute approximate surface area is 235 Å². The maximum Gasteiger partial charge on any atom is 0.151 e. The molecule has 0 saturated heterocycles. The van der Waals surface area contributed by atoms with Gasteiger partial charge in [0.1, 0.15) is 0 Å². The van der Waals surface area contributed by atoms with Gasteiger partial charge < -0.3 is 5.21 Å². The molecule has 0 aliphatic heterocycles. The molecule has 2 nitrogen and oxygen atoms in total. The van der Waals surface area contributed by atoms with Gasteiger partial charge in [-0.3, -0.25) is 0 Å². The molecular weight excluding hydrogens is 450 g/mol. The number of nitrogens with one attached hydrogen (secondary N) is 1. The average Bonchev–Trinajstić information content (AvgIpc) is 2.91. The summed E-state index contributed by atoms with van der Waals surface area (Å²) < 4.78 is 0. The molecule has 0 saturated carbocycles. The Morgan fingerprint density at radius 2 is 0.595 bits per heavy atom. The number of unbranched alkanes of at least 4 members (excludes halogenated alkanes) is 27. The molecule has 1 unspecified atom stereocenters. The van der Waals surface area contributed by atoms with Crippen LogP contribution in [0, 0.1) is 11.1 Å². The van der Waals surface area contributed by atoms with Crippen molar-refractivity contribution in [3.05, 3.63) is 5.21 Å². The van der Waals surface area contributed by atoms with E-state index < -0.39 is 0 Å². The van der Waals surface area contributed by atoms with Gasteiger partial charge in [-0.25, -0.2) is 5.16 Å². The Morgan fingerprint density at radius 1 is 0.378 bits per heavy atom. The van der Waals surface area contributed by atoms with Crippen molar-refractivity contribution in [2.75, 3.05) is 0 Å². The lowest BCUT2D eigenvalue weighted by molar-refractivity contribution is -0.370. The van der Waals surface area contributed by atoms with Crippen LogP contribution in [0.3, 0.4) is 0 Å². The third-order valence-corrected chi connectivity index (χ3v) is 8.41. The van der Waals surface area contributed by atoms with Crippen molar-refractivity contribution in [1.29, 1.82) is 0 Å². The van der Waals surface area contributed by atoms with E-state index in [0.29, 0.717) is 5.92 Å². The van der Waals surface area contributed by atoms with Crippen molar-refractivity contribution in [2.24, 2.45) is 5.92 Å². The number of rotatable bonds is 32. The van der Waals surface area contributed by atoms with Gasteiger partial charge in [0.15, 0.2) is 6.21 Å². The molecule has 0 radical (unpaired) electrons. The largest absolute Gasteiger partial charge is 0.626 e. The van der Waals surface area contributed by atoms with Crippen LogP contribution in [0.4, 0.5) is 0 Å². The van der Waals surface area contributed by atoms with Crippen LogP contribution >= 0.6 is 0 Å². The first-order valence-corrected chi connectivity index (χ1v) is 17.6. The van der Waals surface area contributed by atoms with E-state index in [1.807, 2.05) is 6.21 Å². The molecule has 0 aromatic carbocycles. The summed E-state index contributed by atoms with van der Waals surface area (Å²) in [5.74, 6) is 0.483. The molecule has 1 atom stereocenters. The topological polar surface area (TPSA) is 37.0 Å². The first-order chi connectivity index (χ1) is 18.3. The molecule has 0 aliphatic rings. The van der Waals surface area contributed by atoms with Gasteiger partial charge in [0, 0.05) is 5.92 Å². The van der Waals surface area contributed by atoms with Crippen LogP contribution < -0.4 is 5.16 Å². The first-order valence-electron chi connectivity index (χ1n) is 17.6. The van der Waals surface area contributed by atoms with Crippen molar-refractivity contribution >= 4 is 6.21 Å². The minimum absolute atomic E-state index is 0.483. The molecule has 0 spiro atoms. The fourth-order valence-electron chi connectivity index (χ4n) is 5.79. The highest BCUT2D eigenvalue weighted by Gasteiger charge is 2.08. The third-order valence-electron chi connectivity index (χ3n) is 8.41. The summed E-state index contributed by atoms with van der Waals surface area (Å²) in [6.07, 6.45) is 45.2. The van der Waals surface area contributed by atoms with Crippen LogP contribution in [-0.4, -0.2) is 6.21 Å². The van der Waals surface area contributed by atoms with E-state index in [4.69, 9.17) is 0 Å². The average molecular weight is 522 g/mol. The first kappa shape index (κ1) is 36.5. The molecule has 0 aromatic heterocycles. The second-order valence-electron chi connectivity index (χ2n) is 12.2. The van der Waals surface area contributed by atoms with Crippen LogP contribution in [0.25, 0.3) is 0 Å². The monoisotopic (exact) mass is 522 g/mol. The van der Waals surface area contributed by atoms with E-state index in [9.17, 15) is 5.21 Å². The van der Waals surface area contributed by atoms with Gasteiger partial charge in [-0.15, -0.1) is 0 Å². The van der Waals surface area contributed by atoms with Crippen molar-refractivity contribution in [2.45, 2.75) is 213 Å². The highest BCUT2D eigenvalue weighted by molar-refractivity contribution is 5.53. The molecule has 2 heteroatoms. The Hall–Kier alpha value is -0.530. The zero-order valence-corrected chi connectivity index (χ0v) is 26.0. The van der Waals surface area contributed by atoms with Crippen molar-refractivity contribution in [1.82, 2.24) is 0 Å². The zero-order valence-electron chi connectivity index (χ0n) is 26.0. The predicted octanol–water partition coefficient (Wildman–Crippen LogP) is 11.4. The molecule has 0 aliphatic carbocycles. The van der Waals surface area contributed by atoms with Gasteiger partial charge in [-0.1, -0.05) is 200 Å². The van der Waals surface area contributed by atoms with Gasteiger partial charge in [0.2, 0.25) is 0 Å². The Balaban J connectivity index is 3.37. The second kappa shape index (κ2) is 33.5. The highest BCUT2D eigenvalue weighted by atomic mass is 16.4. The summed E-state index contributed by atoms with van der Waals surface area (Å²) in [6.45, 7) is 4.59. The molecule has 37 heavy (non-hydrogen) atoms. The molecule has 0 aromatic rings. The smallest absolute Gasteiger partial charge is 0.151 e. The Kier molecular flexibility index (Phi) is 33.0. The van der Waals surface area contributed by atoms with E-state index >= 15 is 0 Å². The molecule has 0 rings (SSSR count). The predicted molar refractivity (Wildman–Crippen MR) is 168 cm³/mol. The van der Waals surface area contributed by atoms with Gasteiger partial charge >= 0.3 is 0 Å². The summed E-state index contributed by atoms with van der Waals surface area (Å²) in [5.41, 5.74) is 0. The maximum absolute atomic E-state index is 10.9.